The fourth-order valence-electron chi connectivity index (χ4n) is 13.6. The molecule has 0 bridgehead atoms. The van der Waals surface area contributed by atoms with Crippen LogP contribution in [0.2, 0.25) is 0 Å². The Hall–Kier alpha value is -9.70. The summed E-state index contributed by atoms with van der Waals surface area (Å²) in [6.45, 7) is 0. The minimum Gasteiger partial charge on any atom is -0.457 e. The third-order valence-electron chi connectivity index (χ3n) is 16.6. The van der Waals surface area contributed by atoms with Gasteiger partial charge < -0.3 is 14.4 Å². The Kier molecular flexibility index (Phi) is 8.88. The van der Waals surface area contributed by atoms with Gasteiger partial charge in [0.15, 0.2) is 0 Å². The zero-order chi connectivity index (χ0) is 49.2. The zero-order valence-electron chi connectivity index (χ0n) is 40.7. The van der Waals surface area contributed by atoms with Crippen LogP contribution < -0.4 is 14.4 Å². The van der Waals surface area contributed by atoms with Crippen LogP contribution in [0.1, 0.15) is 44.5 Å². The molecule has 12 aromatic rings. The largest absolute Gasteiger partial charge is 0.457 e. The van der Waals surface area contributed by atoms with Crippen LogP contribution in [0.3, 0.4) is 0 Å². The van der Waals surface area contributed by atoms with Gasteiger partial charge >= 0.3 is 0 Å². The van der Waals surface area contributed by atoms with Crippen molar-refractivity contribution in [2.24, 2.45) is 0 Å². The van der Waals surface area contributed by atoms with Crippen LogP contribution in [0.25, 0.3) is 55.3 Å². The van der Waals surface area contributed by atoms with E-state index in [9.17, 15) is 0 Å². The Morgan fingerprint density at radius 2 is 0.733 bits per heavy atom. The summed E-state index contributed by atoms with van der Waals surface area (Å²) in [5.74, 6) is 3.50. The number of ether oxygens (including phenoxy) is 2. The number of fused-ring (bicyclic) bond motifs is 20. The number of benzene rings is 12. The van der Waals surface area contributed by atoms with Gasteiger partial charge in [0.05, 0.1) is 16.5 Å². The van der Waals surface area contributed by atoms with E-state index in [0.29, 0.717) is 0 Å². The van der Waals surface area contributed by atoms with Gasteiger partial charge in [-0.15, -0.1) is 0 Å². The lowest BCUT2D eigenvalue weighted by Crippen LogP contribution is -2.32. The van der Waals surface area contributed by atoms with Crippen molar-refractivity contribution in [3.63, 3.8) is 0 Å². The molecule has 2 aliphatic carbocycles. The van der Waals surface area contributed by atoms with Crippen LogP contribution in [-0.2, 0) is 10.8 Å². The Bertz CT molecular complexity index is 4220. The third-order valence-corrected chi connectivity index (χ3v) is 16.6. The number of nitrogens with zero attached hydrogens (tertiary/aromatic N) is 1. The first-order valence-electron chi connectivity index (χ1n) is 25.9. The molecule has 4 aliphatic rings. The molecule has 3 heteroatoms. The van der Waals surface area contributed by atoms with Gasteiger partial charge in [-0.2, -0.15) is 0 Å². The quantitative estimate of drug-likeness (QED) is 0.172. The van der Waals surface area contributed by atoms with E-state index in [1.54, 1.807) is 0 Å². The molecule has 75 heavy (non-hydrogen) atoms. The maximum Gasteiger partial charge on any atom is 0.132 e. The maximum atomic E-state index is 6.85. The molecule has 2 aliphatic heterocycles. The van der Waals surface area contributed by atoms with Gasteiger partial charge in [-0.3, -0.25) is 0 Å². The highest BCUT2D eigenvalue weighted by atomic mass is 16.5. The minimum atomic E-state index is -0.687. The lowest BCUT2D eigenvalue weighted by atomic mass is 9.65. The first-order chi connectivity index (χ1) is 37.2. The van der Waals surface area contributed by atoms with E-state index in [1.165, 1.54) is 72.0 Å². The van der Waals surface area contributed by atoms with Crippen LogP contribution in [0.5, 0.6) is 23.0 Å². The minimum absolute atomic E-state index is 0.640. The molecule has 2 spiro atoms. The molecule has 3 nitrogen and oxygen atoms in total. The molecule has 0 radical (unpaired) electrons. The molecule has 16 rings (SSSR count). The summed E-state index contributed by atoms with van der Waals surface area (Å²) >= 11 is 0. The van der Waals surface area contributed by atoms with Crippen molar-refractivity contribution < 1.29 is 9.47 Å². The number of para-hydroxylation sites is 4. The van der Waals surface area contributed by atoms with Crippen LogP contribution in [0.15, 0.2) is 273 Å². The fraction of sp³-hybridized carbons (Fsp3) is 0.0278. The predicted molar refractivity (Wildman–Crippen MR) is 304 cm³/mol. The molecule has 0 aromatic heterocycles. The highest BCUT2D eigenvalue weighted by Gasteiger charge is 2.54. The van der Waals surface area contributed by atoms with E-state index >= 15 is 0 Å². The predicted octanol–water partition coefficient (Wildman–Crippen LogP) is 18.6. The summed E-state index contributed by atoms with van der Waals surface area (Å²) in [4.78, 5) is 2.52. The Labute approximate surface area is 435 Å². The molecule has 350 valence electrons. The highest BCUT2D eigenvalue weighted by Crippen LogP contribution is 2.67. The molecule has 0 saturated heterocycles. The van der Waals surface area contributed by atoms with Crippen LogP contribution >= 0.6 is 0 Å². The van der Waals surface area contributed by atoms with Gasteiger partial charge in [0.2, 0.25) is 0 Å². The van der Waals surface area contributed by atoms with E-state index in [-0.39, 0.29) is 0 Å². The summed E-state index contributed by atoms with van der Waals surface area (Å²) in [5, 5.41) is 2.43. The zero-order valence-corrected chi connectivity index (χ0v) is 40.7. The molecule has 0 unspecified atom stereocenters. The highest BCUT2D eigenvalue weighted by molar-refractivity contribution is 6.06. The first kappa shape index (κ1) is 41.9. The SMILES string of the molecule is c1ccc(-c2ccc(-c3ccc(N(c4ccc5c(c4)C4(c6ccccc6Oc6ccccc64)c4ccccc4-5)c4cccc5c4-c4ccc6ccccc6c4C54c5ccccc5Oc5ccccc54)cc3)cc2)cc1. The second kappa shape index (κ2) is 15.9. The van der Waals surface area contributed by atoms with Crippen molar-refractivity contribution in [1.29, 1.82) is 0 Å². The summed E-state index contributed by atoms with van der Waals surface area (Å²) in [7, 11) is 0. The van der Waals surface area contributed by atoms with E-state index < -0.39 is 10.8 Å². The molecule has 0 amide bonds. The monoisotopic (exact) mass is 955 g/mol. The third kappa shape index (κ3) is 5.75. The Morgan fingerprint density at radius 1 is 0.280 bits per heavy atom. The number of rotatable bonds is 5. The van der Waals surface area contributed by atoms with Crippen LogP contribution in [-0.4, -0.2) is 0 Å². The van der Waals surface area contributed by atoms with Gasteiger partial charge in [0.25, 0.3) is 0 Å². The molecular weight excluding hydrogens is 911 g/mol. The smallest absolute Gasteiger partial charge is 0.132 e. The van der Waals surface area contributed by atoms with Gasteiger partial charge in [0, 0.05) is 39.2 Å². The van der Waals surface area contributed by atoms with Gasteiger partial charge in [-0.25, -0.2) is 0 Å². The number of anilines is 3. The molecular formula is C72H45NO2. The molecule has 0 saturated carbocycles. The van der Waals surface area contributed by atoms with Gasteiger partial charge in [-0.05, 0) is 127 Å². The van der Waals surface area contributed by atoms with Crippen molar-refractivity contribution >= 4 is 27.8 Å². The van der Waals surface area contributed by atoms with E-state index in [1.807, 2.05) is 0 Å². The van der Waals surface area contributed by atoms with E-state index in [4.69, 9.17) is 9.47 Å². The normalized spacial score (nSPS) is 14.0. The molecule has 0 fully saturated rings. The topological polar surface area (TPSA) is 21.7 Å². The van der Waals surface area contributed by atoms with Crippen molar-refractivity contribution in [3.05, 3.63) is 317 Å². The lowest BCUT2D eigenvalue weighted by Gasteiger charge is -2.40. The summed E-state index contributed by atoms with van der Waals surface area (Å²) in [5.41, 5.74) is 21.0. The summed E-state index contributed by atoms with van der Waals surface area (Å²) in [6, 6.07) is 100. The second-order valence-corrected chi connectivity index (χ2v) is 20.2. The van der Waals surface area contributed by atoms with Crippen molar-refractivity contribution in [1.82, 2.24) is 0 Å². The van der Waals surface area contributed by atoms with Crippen molar-refractivity contribution in [2.75, 3.05) is 4.90 Å². The van der Waals surface area contributed by atoms with Crippen LogP contribution in [0, 0.1) is 0 Å². The molecule has 0 atom stereocenters. The van der Waals surface area contributed by atoms with Crippen LogP contribution in [0.4, 0.5) is 17.1 Å². The Morgan fingerprint density at radius 3 is 1.36 bits per heavy atom. The molecule has 12 aromatic carbocycles. The first-order valence-corrected chi connectivity index (χ1v) is 25.9. The second-order valence-electron chi connectivity index (χ2n) is 20.2. The fourth-order valence-corrected chi connectivity index (χ4v) is 13.6. The standard InChI is InChI=1S/C72H45NO2/c1-2-17-46(18-3-1)47-33-35-48(36-34-47)49-37-40-51(41-38-49)73(52-42-44-55-54-21-6-7-22-57(54)71(63(55)45-52)58-23-8-12-29-65(58)74-66-30-13-9-24-59(66)71)64-28-16-27-62-69(64)56-43-39-50-19-4-5-20-53(50)70(56)72(62)60-25-10-14-31-67(60)75-68-32-15-11-26-61(68)72/h1-45H. The average molecular weight is 956 g/mol. The molecule has 0 N–H and O–H groups in total. The lowest BCUT2D eigenvalue weighted by molar-refractivity contribution is 0.436. The van der Waals surface area contributed by atoms with Gasteiger partial charge in [0.1, 0.15) is 23.0 Å². The average Bonchev–Trinajstić information content (AvgIpc) is 3.94. The number of hydrogen-bond acceptors (Lipinski definition) is 3. The van der Waals surface area contributed by atoms with Crippen molar-refractivity contribution in [3.8, 4) is 67.5 Å². The summed E-state index contributed by atoms with van der Waals surface area (Å²) < 4.78 is 13.6. The van der Waals surface area contributed by atoms with E-state index in [2.05, 4.69) is 278 Å². The number of hydrogen-bond donors (Lipinski definition) is 0. The van der Waals surface area contributed by atoms with Crippen molar-refractivity contribution in [2.45, 2.75) is 10.8 Å². The maximum absolute atomic E-state index is 6.85. The summed E-state index contributed by atoms with van der Waals surface area (Å²) in [6.07, 6.45) is 0. The van der Waals surface area contributed by atoms with Gasteiger partial charge in [-0.1, -0.05) is 218 Å². The Balaban J connectivity index is 0.972. The van der Waals surface area contributed by atoms with E-state index in [0.717, 1.165) is 67.9 Å². The molecule has 2 heterocycles.